The summed E-state index contributed by atoms with van der Waals surface area (Å²) in [5.74, 6) is 3.83. The first kappa shape index (κ1) is 34.8. The summed E-state index contributed by atoms with van der Waals surface area (Å²) in [6.07, 6.45) is 16.7. The van der Waals surface area contributed by atoms with Gasteiger partial charge in [0.25, 0.3) is 0 Å². The molecular formula is C36H66O2. The van der Waals surface area contributed by atoms with E-state index in [4.69, 9.17) is 0 Å². The van der Waals surface area contributed by atoms with Crippen molar-refractivity contribution in [2.24, 2.45) is 23.7 Å². The molecule has 1 aromatic rings. The van der Waals surface area contributed by atoms with Gasteiger partial charge in [0.15, 0.2) is 0 Å². The fourth-order valence-electron chi connectivity index (χ4n) is 6.27. The molecule has 0 aliphatic heterocycles. The summed E-state index contributed by atoms with van der Waals surface area (Å²) >= 11 is 0. The Hall–Kier alpha value is -1.18. The summed E-state index contributed by atoms with van der Waals surface area (Å²) in [6.45, 7) is 23.0. The summed E-state index contributed by atoms with van der Waals surface area (Å²) in [6, 6.07) is 3.81. The molecule has 4 unspecified atom stereocenters. The highest BCUT2D eigenvalue weighted by Crippen LogP contribution is 2.46. The first-order valence-electron chi connectivity index (χ1n) is 16.3. The fourth-order valence-corrected chi connectivity index (χ4v) is 6.27. The molecule has 0 amide bonds. The summed E-state index contributed by atoms with van der Waals surface area (Å²) in [5.41, 5.74) is 1.61. The molecule has 0 aliphatic carbocycles. The van der Waals surface area contributed by atoms with E-state index in [9.17, 15) is 10.2 Å². The first-order chi connectivity index (χ1) is 17.8. The Morgan fingerprint density at radius 2 is 0.868 bits per heavy atom. The lowest BCUT2D eigenvalue weighted by atomic mass is 9.71. The number of hydrogen-bond acceptors (Lipinski definition) is 2. The van der Waals surface area contributed by atoms with Gasteiger partial charge in [0.2, 0.25) is 0 Å². The van der Waals surface area contributed by atoms with E-state index in [1.807, 2.05) is 12.1 Å². The van der Waals surface area contributed by atoms with E-state index < -0.39 is 0 Å². The van der Waals surface area contributed by atoms with Gasteiger partial charge in [0.05, 0.1) is 0 Å². The topological polar surface area (TPSA) is 40.5 Å². The van der Waals surface area contributed by atoms with Crippen molar-refractivity contribution in [3.05, 3.63) is 23.3 Å². The number of rotatable bonds is 20. The lowest BCUT2D eigenvalue weighted by Gasteiger charge is -2.34. The van der Waals surface area contributed by atoms with E-state index in [1.165, 1.54) is 51.4 Å². The van der Waals surface area contributed by atoms with Crippen LogP contribution in [0.1, 0.15) is 170 Å². The Morgan fingerprint density at radius 1 is 0.553 bits per heavy atom. The number of hydrogen-bond donors (Lipinski definition) is 2. The van der Waals surface area contributed by atoms with Crippen LogP contribution in [0.5, 0.6) is 11.5 Å². The van der Waals surface area contributed by atoms with Gasteiger partial charge in [0.1, 0.15) is 11.5 Å². The predicted octanol–water partition coefficient (Wildman–Crippen LogP) is 11.7. The van der Waals surface area contributed by atoms with Crippen LogP contribution in [-0.2, 0) is 10.8 Å². The third kappa shape index (κ3) is 11.5. The normalized spacial score (nSPS) is 16.9. The molecule has 0 aromatic heterocycles. The molecule has 0 spiro atoms. The maximum atomic E-state index is 11.3. The SMILES string of the molecule is CCC(C)(CCCC(C)CCCC(C)C)c1cc(O)c(C(C)(CC)CCCC(C)CCCC(C)C)cc1O. The zero-order valence-corrected chi connectivity index (χ0v) is 27.3. The minimum atomic E-state index is -0.119. The van der Waals surface area contributed by atoms with E-state index in [0.29, 0.717) is 11.5 Å². The van der Waals surface area contributed by atoms with Crippen LogP contribution in [0.3, 0.4) is 0 Å². The van der Waals surface area contributed by atoms with Crippen LogP contribution in [-0.4, -0.2) is 10.2 Å². The lowest BCUT2D eigenvalue weighted by molar-refractivity contribution is 0.334. The molecule has 222 valence electrons. The molecule has 4 atom stereocenters. The van der Waals surface area contributed by atoms with Gasteiger partial charge in [-0.15, -0.1) is 0 Å². The summed E-state index contributed by atoms with van der Waals surface area (Å²) in [4.78, 5) is 0. The molecule has 2 nitrogen and oxygen atoms in total. The average molecular weight is 531 g/mol. The largest absolute Gasteiger partial charge is 0.508 e. The van der Waals surface area contributed by atoms with Crippen LogP contribution >= 0.6 is 0 Å². The molecule has 0 bridgehead atoms. The van der Waals surface area contributed by atoms with Crippen molar-refractivity contribution in [1.82, 2.24) is 0 Å². The molecule has 0 radical (unpaired) electrons. The van der Waals surface area contributed by atoms with E-state index in [2.05, 4.69) is 69.2 Å². The highest BCUT2D eigenvalue weighted by atomic mass is 16.3. The molecule has 0 fully saturated rings. The van der Waals surface area contributed by atoms with E-state index in [0.717, 1.165) is 73.3 Å². The van der Waals surface area contributed by atoms with Crippen molar-refractivity contribution >= 4 is 0 Å². The molecule has 2 N–H and O–H groups in total. The smallest absolute Gasteiger partial charge is 0.119 e. The molecule has 0 saturated heterocycles. The Kier molecular flexibility index (Phi) is 15.4. The van der Waals surface area contributed by atoms with Crippen molar-refractivity contribution in [2.45, 2.75) is 170 Å². The summed E-state index contributed by atoms with van der Waals surface area (Å²) in [7, 11) is 0. The molecule has 0 heterocycles. The zero-order valence-electron chi connectivity index (χ0n) is 27.3. The van der Waals surface area contributed by atoms with Crippen LogP contribution in [0, 0.1) is 23.7 Å². The van der Waals surface area contributed by atoms with Crippen molar-refractivity contribution in [2.75, 3.05) is 0 Å². The molecular weight excluding hydrogens is 464 g/mol. The molecule has 0 saturated carbocycles. The van der Waals surface area contributed by atoms with Crippen LogP contribution in [0.4, 0.5) is 0 Å². The van der Waals surface area contributed by atoms with Gasteiger partial charge in [-0.2, -0.15) is 0 Å². The Labute approximate surface area is 238 Å². The van der Waals surface area contributed by atoms with Crippen LogP contribution in [0.2, 0.25) is 0 Å². The van der Waals surface area contributed by atoms with E-state index in [-0.39, 0.29) is 10.8 Å². The molecule has 1 rings (SSSR count). The second kappa shape index (κ2) is 16.8. The van der Waals surface area contributed by atoms with Gasteiger partial charge >= 0.3 is 0 Å². The van der Waals surface area contributed by atoms with Crippen LogP contribution in [0.15, 0.2) is 12.1 Å². The van der Waals surface area contributed by atoms with Crippen molar-refractivity contribution in [1.29, 1.82) is 0 Å². The summed E-state index contributed by atoms with van der Waals surface area (Å²) in [5, 5.41) is 22.5. The van der Waals surface area contributed by atoms with Gasteiger partial charge in [-0.1, -0.05) is 133 Å². The number of benzene rings is 1. The number of phenolic OH excluding ortho intramolecular Hbond substituents is 2. The number of aromatic hydroxyl groups is 2. The molecule has 2 heteroatoms. The highest BCUT2D eigenvalue weighted by Gasteiger charge is 2.33. The van der Waals surface area contributed by atoms with Crippen molar-refractivity contribution in [3.8, 4) is 11.5 Å². The van der Waals surface area contributed by atoms with Crippen LogP contribution < -0.4 is 0 Å². The first-order valence-corrected chi connectivity index (χ1v) is 16.3. The standard InChI is InChI=1S/C36H66O2/c1-11-35(9,23-15-21-29(7)19-13-17-27(3)4)31-25-34(38)32(26-33(31)37)36(10,12-2)24-16-22-30(8)20-14-18-28(5)6/h25-30,37-38H,11-24H2,1-10H3. The quantitative estimate of drug-likeness (QED) is 0.165. The Morgan fingerprint density at radius 3 is 1.16 bits per heavy atom. The average Bonchev–Trinajstić information content (AvgIpc) is 2.84. The second-order valence-electron chi connectivity index (χ2n) is 14.4. The maximum Gasteiger partial charge on any atom is 0.119 e. The van der Waals surface area contributed by atoms with E-state index >= 15 is 0 Å². The maximum absolute atomic E-state index is 11.3. The third-order valence-electron chi connectivity index (χ3n) is 9.78. The minimum absolute atomic E-state index is 0.119. The molecule has 38 heavy (non-hydrogen) atoms. The van der Waals surface area contributed by atoms with Gasteiger partial charge in [0, 0.05) is 11.1 Å². The monoisotopic (exact) mass is 531 g/mol. The van der Waals surface area contributed by atoms with Crippen molar-refractivity contribution < 1.29 is 10.2 Å². The lowest BCUT2D eigenvalue weighted by Crippen LogP contribution is -2.24. The number of phenols is 2. The summed E-state index contributed by atoms with van der Waals surface area (Å²) < 4.78 is 0. The van der Waals surface area contributed by atoms with Gasteiger partial charge in [-0.25, -0.2) is 0 Å². The highest BCUT2D eigenvalue weighted by molar-refractivity contribution is 5.51. The van der Waals surface area contributed by atoms with Crippen molar-refractivity contribution in [3.63, 3.8) is 0 Å². The third-order valence-corrected chi connectivity index (χ3v) is 9.78. The Balaban J connectivity index is 2.85. The second-order valence-corrected chi connectivity index (χ2v) is 14.4. The predicted molar refractivity (Wildman–Crippen MR) is 168 cm³/mol. The van der Waals surface area contributed by atoms with E-state index in [1.54, 1.807) is 0 Å². The van der Waals surface area contributed by atoms with Gasteiger partial charge in [-0.05, 0) is 72.3 Å². The molecule has 1 aromatic carbocycles. The zero-order chi connectivity index (χ0) is 28.9. The van der Waals surface area contributed by atoms with Gasteiger partial charge < -0.3 is 10.2 Å². The minimum Gasteiger partial charge on any atom is -0.508 e. The Bertz CT molecular complexity index is 716. The molecule has 0 aliphatic rings. The fraction of sp³-hybridized carbons (Fsp3) is 0.833. The van der Waals surface area contributed by atoms with Crippen LogP contribution in [0.25, 0.3) is 0 Å². The van der Waals surface area contributed by atoms with Gasteiger partial charge in [-0.3, -0.25) is 0 Å².